The van der Waals surface area contributed by atoms with Crippen LogP contribution in [-0.2, 0) is 0 Å². The summed E-state index contributed by atoms with van der Waals surface area (Å²) in [6.45, 7) is 9.64. The summed E-state index contributed by atoms with van der Waals surface area (Å²) in [4.78, 5) is 2.92. The second kappa shape index (κ2) is 5.49. The van der Waals surface area contributed by atoms with Crippen LogP contribution in [0.15, 0.2) is 0 Å². The first kappa shape index (κ1) is 11.8. The molecule has 0 aliphatic rings. The molecule has 1 atom stereocenters. The Morgan fingerprint density at radius 1 is 1.42 bits per heavy atom. The van der Waals surface area contributed by atoms with E-state index in [1.165, 1.54) is 0 Å². The van der Waals surface area contributed by atoms with Crippen molar-refractivity contribution < 1.29 is 0 Å². The highest BCUT2D eigenvalue weighted by atomic mass is 32.1. The molecule has 0 fully saturated rings. The van der Waals surface area contributed by atoms with Gasteiger partial charge < -0.3 is 5.73 Å². The van der Waals surface area contributed by atoms with Crippen LogP contribution in [0, 0.1) is 0 Å². The zero-order valence-corrected chi connectivity index (χ0v) is 9.32. The molecule has 0 heterocycles. The fourth-order valence-corrected chi connectivity index (χ4v) is 1.46. The maximum atomic E-state index is 5.59. The molecule has 0 aromatic rings. The van der Waals surface area contributed by atoms with Gasteiger partial charge in [-0.1, -0.05) is 19.1 Å². The first-order valence-corrected chi connectivity index (χ1v) is 4.96. The average Bonchev–Trinajstić information content (AvgIpc) is 1.98. The normalized spacial score (nSPS) is 13.8. The van der Waals surface area contributed by atoms with Crippen molar-refractivity contribution in [1.82, 2.24) is 4.90 Å². The van der Waals surface area contributed by atoms with E-state index in [1.54, 1.807) is 0 Å². The summed E-state index contributed by atoms with van der Waals surface area (Å²) in [5, 5.41) is 0. The predicted octanol–water partition coefficient (Wildman–Crippen LogP) is 1.78. The average molecular weight is 188 g/mol. The summed E-state index contributed by atoms with van der Waals surface area (Å²) in [6, 6.07) is 0.737. The first-order valence-electron chi connectivity index (χ1n) is 4.55. The standard InChI is InChI=1S/C9H20N2S/c1-5-6-11(7(2)3)8(4)9(10)12/h7-8H,5-6H2,1-4H3,(H2,10,12). The Morgan fingerprint density at radius 3 is 2.17 bits per heavy atom. The topological polar surface area (TPSA) is 29.3 Å². The fraction of sp³-hybridized carbons (Fsp3) is 0.889. The van der Waals surface area contributed by atoms with E-state index in [0.29, 0.717) is 11.0 Å². The predicted molar refractivity (Wildman–Crippen MR) is 58.4 cm³/mol. The molecule has 72 valence electrons. The van der Waals surface area contributed by atoms with Crippen molar-refractivity contribution in [3.05, 3.63) is 0 Å². The highest BCUT2D eigenvalue weighted by Crippen LogP contribution is 2.06. The summed E-state index contributed by atoms with van der Waals surface area (Å²) >= 11 is 4.96. The molecule has 3 heteroatoms. The molecule has 0 aliphatic carbocycles. The molecular weight excluding hydrogens is 168 g/mol. The van der Waals surface area contributed by atoms with E-state index in [4.69, 9.17) is 18.0 Å². The molecule has 0 aromatic heterocycles. The maximum absolute atomic E-state index is 5.59. The lowest BCUT2D eigenvalue weighted by atomic mass is 10.2. The second-order valence-corrected chi connectivity index (χ2v) is 3.88. The monoisotopic (exact) mass is 188 g/mol. The van der Waals surface area contributed by atoms with Crippen molar-refractivity contribution in [1.29, 1.82) is 0 Å². The number of thiocarbonyl (C=S) groups is 1. The maximum Gasteiger partial charge on any atom is 0.0899 e. The minimum absolute atomic E-state index is 0.222. The first-order chi connectivity index (χ1) is 5.50. The van der Waals surface area contributed by atoms with Gasteiger partial charge in [0.15, 0.2) is 0 Å². The molecule has 0 aliphatic heterocycles. The summed E-state index contributed by atoms with van der Waals surface area (Å²) in [5.41, 5.74) is 5.59. The molecular formula is C9H20N2S. The summed E-state index contributed by atoms with van der Waals surface area (Å²) in [6.07, 6.45) is 1.14. The third-order valence-corrected chi connectivity index (χ3v) is 2.40. The molecule has 0 saturated carbocycles. The lowest BCUT2D eigenvalue weighted by Gasteiger charge is -2.31. The second-order valence-electron chi connectivity index (χ2n) is 3.41. The van der Waals surface area contributed by atoms with Crippen LogP contribution in [0.4, 0.5) is 0 Å². The van der Waals surface area contributed by atoms with Crippen LogP contribution in [0.25, 0.3) is 0 Å². The van der Waals surface area contributed by atoms with Gasteiger partial charge in [-0.25, -0.2) is 0 Å². The number of nitrogens with zero attached hydrogens (tertiary/aromatic N) is 1. The van der Waals surface area contributed by atoms with Gasteiger partial charge >= 0.3 is 0 Å². The quantitative estimate of drug-likeness (QED) is 0.667. The van der Waals surface area contributed by atoms with Crippen LogP contribution in [-0.4, -0.2) is 28.5 Å². The molecule has 1 unspecified atom stereocenters. The zero-order chi connectivity index (χ0) is 9.72. The van der Waals surface area contributed by atoms with E-state index < -0.39 is 0 Å². The van der Waals surface area contributed by atoms with E-state index in [1.807, 2.05) is 0 Å². The highest BCUT2D eigenvalue weighted by molar-refractivity contribution is 7.80. The molecule has 0 aromatic carbocycles. The molecule has 0 saturated heterocycles. The van der Waals surface area contributed by atoms with Gasteiger partial charge in [-0.2, -0.15) is 0 Å². The van der Waals surface area contributed by atoms with Crippen LogP contribution < -0.4 is 5.73 Å². The number of nitrogens with two attached hydrogens (primary N) is 1. The molecule has 0 spiro atoms. The Hall–Kier alpha value is -0.150. The Labute approximate surface area is 81.1 Å². The largest absolute Gasteiger partial charge is 0.392 e. The van der Waals surface area contributed by atoms with Crippen LogP contribution in [0.2, 0.25) is 0 Å². The van der Waals surface area contributed by atoms with E-state index in [0.717, 1.165) is 13.0 Å². The van der Waals surface area contributed by atoms with Crippen LogP contribution in [0.1, 0.15) is 34.1 Å². The molecule has 0 bridgehead atoms. The van der Waals surface area contributed by atoms with Crippen LogP contribution in [0.5, 0.6) is 0 Å². The van der Waals surface area contributed by atoms with E-state index >= 15 is 0 Å². The van der Waals surface area contributed by atoms with Crippen molar-refractivity contribution in [3.63, 3.8) is 0 Å². The van der Waals surface area contributed by atoms with Crippen molar-refractivity contribution in [2.24, 2.45) is 5.73 Å². The Morgan fingerprint density at radius 2 is 1.92 bits per heavy atom. The number of rotatable bonds is 5. The third-order valence-electron chi connectivity index (χ3n) is 2.05. The lowest BCUT2D eigenvalue weighted by molar-refractivity contribution is 0.203. The smallest absolute Gasteiger partial charge is 0.0899 e. The van der Waals surface area contributed by atoms with Gasteiger partial charge in [0.2, 0.25) is 0 Å². The fourth-order valence-electron chi connectivity index (χ4n) is 1.32. The Balaban J connectivity index is 4.18. The van der Waals surface area contributed by atoms with E-state index in [2.05, 4.69) is 32.6 Å². The molecule has 0 radical (unpaired) electrons. The summed E-state index contributed by atoms with van der Waals surface area (Å²) in [5.74, 6) is 0. The van der Waals surface area contributed by atoms with E-state index in [-0.39, 0.29) is 6.04 Å². The molecule has 0 rings (SSSR count). The summed E-state index contributed by atoms with van der Waals surface area (Å²) in [7, 11) is 0. The van der Waals surface area contributed by atoms with Gasteiger partial charge in [0.05, 0.1) is 11.0 Å². The Bertz CT molecular complexity index is 145. The highest BCUT2D eigenvalue weighted by Gasteiger charge is 2.17. The lowest BCUT2D eigenvalue weighted by Crippen LogP contribution is -2.45. The van der Waals surface area contributed by atoms with Crippen molar-refractivity contribution in [3.8, 4) is 0 Å². The van der Waals surface area contributed by atoms with Crippen LogP contribution in [0.3, 0.4) is 0 Å². The summed E-state index contributed by atoms with van der Waals surface area (Å²) < 4.78 is 0. The molecule has 0 amide bonds. The minimum atomic E-state index is 0.222. The van der Waals surface area contributed by atoms with Gasteiger partial charge in [-0.05, 0) is 33.7 Å². The van der Waals surface area contributed by atoms with Crippen molar-refractivity contribution >= 4 is 17.2 Å². The van der Waals surface area contributed by atoms with Crippen molar-refractivity contribution in [2.45, 2.75) is 46.2 Å². The number of hydrogen-bond acceptors (Lipinski definition) is 2. The van der Waals surface area contributed by atoms with Gasteiger partial charge in [-0.3, -0.25) is 4.90 Å². The Kier molecular flexibility index (Phi) is 5.42. The van der Waals surface area contributed by atoms with Crippen LogP contribution >= 0.6 is 12.2 Å². The molecule has 2 nitrogen and oxygen atoms in total. The van der Waals surface area contributed by atoms with Gasteiger partial charge in [0.1, 0.15) is 0 Å². The molecule has 2 N–H and O–H groups in total. The van der Waals surface area contributed by atoms with Crippen molar-refractivity contribution in [2.75, 3.05) is 6.54 Å². The molecule has 12 heavy (non-hydrogen) atoms. The van der Waals surface area contributed by atoms with Gasteiger partial charge in [0.25, 0.3) is 0 Å². The number of hydrogen-bond donors (Lipinski definition) is 1. The van der Waals surface area contributed by atoms with E-state index in [9.17, 15) is 0 Å². The van der Waals surface area contributed by atoms with Gasteiger partial charge in [0, 0.05) is 6.04 Å². The third kappa shape index (κ3) is 3.50. The minimum Gasteiger partial charge on any atom is -0.392 e. The SMILES string of the molecule is CCCN(C(C)C)C(C)C(N)=S. The zero-order valence-electron chi connectivity index (χ0n) is 8.50. The van der Waals surface area contributed by atoms with Gasteiger partial charge in [-0.15, -0.1) is 0 Å².